The SMILES string of the molecule is COc1cccc(NC(=O)c2nnnn2Cc2ccccc2)c1OCc1ccccc1. The molecule has 8 heteroatoms. The average Bonchev–Trinajstić information content (AvgIpc) is 3.27. The van der Waals surface area contributed by atoms with E-state index >= 15 is 0 Å². The number of hydrogen-bond acceptors (Lipinski definition) is 6. The highest BCUT2D eigenvalue weighted by Gasteiger charge is 2.19. The van der Waals surface area contributed by atoms with Gasteiger partial charge in [-0.3, -0.25) is 4.79 Å². The number of anilines is 1. The fraction of sp³-hybridized carbons (Fsp3) is 0.130. The molecule has 0 unspecified atom stereocenters. The lowest BCUT2D eigenvalue weighted by atomic mass is 10.2. The van der Waals surface area contributed by atoms with Gasteiger partial charge in [0.2, 0.25) is 5.82 Å². The van der Waals surface area contributed by atoms with Crippen LogP contribution in [0.5, 0.6) is 11.5 Å². The Labute approximate surface area is 179 Å². The number of carbonyl (C=O) groups is 1. The highest BCUT2D eigenvalue weighted by molar-refractivity contribution is 6.02. The summed E-state index contributed by atoms with van der Waals surface area (Å²) in [6, 6.07) is 24.7. The van der Waals surface area contributed by atoms with Crippen molar-refractivity contribution in [3.05, 3.63) is 95.8 Å². The van der Waals surface area contributed by atoms with Crippen molar-refractivity contribution in [1.29, 1.82) is 0 Å². The minimum Gasteiger partial charge on any atom is -0.493 e. The summed E-state index contributed by atoms with van der Waals surface area (Å²) in [5, 5.41) is 14.3. The molecule has 1 amide bonds. The molecule has 8 nitrogen and oxygen atoms in total. The molecule has 1 heterocycles. The minimum atomic E-state index is -0.446. The first-order valence-electron chi connectivity index (χ1n) is 9.70. The van der Waals surface area contributed by atoms with Crippen molar-refractivity contribution in [1.82, 2.24) is 20.2 Å². The smallest absolute Gasteiger partial charge is 0.295 e. The highest BCUT2D eigenvalue weighted by atomic mass is 16.5. The molecule has 0 saturated heterocycles. The number of para-hydroxylation sites is 1. The van der Waals surface area contributed by atoms with Crippen LogP contribution in [-0.4, -0.2) is 33.2 Å². The van der Waals surface area contributed by atoms with Crippen molar-refractivity contribution >= 4 is 11.6 Å². The van der Waals surface area contributed by atoms with Crippen LogP contribution < -0.4 is 14.8 Å². The molecule has 0 aliphatic heterocycles. The molecule has 4 rings (SSSR count). The van der Waals surface area contributed by atoms with Gasteiger partial charge < -0.3 is 14.8 Å². The first-order chi connectivity index (χ1) is 15.2. The molecular formula is C23H21N5O3. The van der Waals surface area contributed by atoms with Gasteiger partial charge in [0.05, 0.1) is 19.3 Å². The lowest BCUT2D eigenvalue weighted by Gasteiger charge is -2.15. The Kier molecular flexibility index (Phi) is 6.18. The van der Waals surface area contributed by atoms with E-state index in [9.17, 15) is 4.79 Å². The number of nitrogens with zero attached hydrogens (tertiary/aromatic N) is 4. The van der Waals surface area contributed by atoms with Gasteiger partial charge in [-0.15, -0.1) is 5.10 Å². The van der Waals surface area contributed by atoms with Crippen LogP contribution in [0.1, 0.15) is 21.7 Å². The largest absolute Gasteiger partial charge is 0.493 e. The lowest BCUT2D eigenvalue weighted by molar-refractivity contribution is 0.101. The summed E-state index contributed by atoms with van der Waals surface area (Å²) in [6.07, 6.45) is 0. The quantitative estimate of drug-likeness (QED) is 0.473. The van der Waals surface area contributed by atoms with Crippen LogP contribution in [0.4, 0.5) is 5.69 Å². The topological polar surface area (TPSA) is 91.2 Å². The number of rotatable bonds is 8. The Morgan fingerprint density at radius 2 is 1.65 bits per heavy atom. The molecule has 0 aliphatic rings. The minimum absolute atomic E-state index is 0.0979. The van der Waals surface area contributed by atoms with Crippen molar-refractivity contribution < 1.29 is 14.3 Å². The van der Waals surface area contributed by atoms with Crippen molar-refractivity contribution in [2.45, 2.75) is 13.2 Å². The molecule has 156 valence electrons. The van der Waals surface area contributed by atoms with E-state index in [1.807, 2.05) is 60.7 Å². The molecule has 3 aromatic carbocycles. The second-order valence-corrected chi connectivity index (χ2v) is 6.71. The fourth-order valence-electron chi connectivity index (χ4n) is 3.06. The number of benzene rings is 3. The van der Waals surface area contributed by atoms with E-state index in [4.69, 9.17) is 9.47 Å². The standard InChI is InChI=1S/C23H21N5O3/c1-30-20-14-8-13-19(21(20)31-16-18-11-6-3-7-12-18)24-23(29)22-25-26-27-28(22)15-17-9-4-2-5-10-17/h2-14H,15-16H2,1H3,(H,24,29). The third-order valence-corrected chi connectivity index (χ3v) is 4.58. The van der Waals surface area contributed by atoms with Crippen LogP contribution >= 0.6 is 0 Å². The van der Waals surface area contributed by atoms with E-state index in [-0.39, 0.29) is 5.82 Å². The highest BCUT2D eigenvalue weighted by Crippen LogP contribution is 2.36. The van der Waals surface area contributed by atoms with Gasteiger partial charge >= 0.3 is 0 Å². The molecule has 0 fully saturated rings. The Morgan fingerprint density at radius 1 is 0.935 bits per heavy atom. The van der Waals surface area contributed by atoms with Gasteiger partial charge in [0.1, 0.15) is 6.61 Å². The second kappa shape index (κ2) is 9.53. The number of amides is 1. The van der Waals surface area contributed by atoms with Crippen LogP contribution in [0.2, 0.25) is 0 Å². The maximum atomic E-state index is 12.9. The maximum absolute atomic E-state index is 12.9. The summed E-state index contributed by atoms with van der Waals surface area (Å²) in [6.45, 7) is 0.710. The molecule has 0 aliphatic carbocycles. The Hall–Kier alpha value is -4.20. The van der Waals surface area contributed by atoms with Crippen molar-refractivity contribution in [3.63, 3.8) is 0 Å². The van der Waals surface area contributed by atoms with Crippen LogP contribution in [0, 0.1) is 0 Å². The number of carbonyl (C=O) groups excluding carboxylic acids is 1. The molecule has 1 aromatic heterocycles. The van der Waals surface area contributed by atoms with Crippen LogP contribution in [0.3, 0.4) is 0 Å². The zero-order valence-corrected chi connectivity index (χ0v) is 16.9. The van der Waals surface area contributed by atoms with Crippen LogP contribution in [0.15, 0.2) is 78.9 Å². The van der Waals surface area contributed by atoms with E-state index in [1.165, 1.54) is 4.68 Å². The van der Waals surface area contributed by atoms with E-state index in [0.717, 1.165) is 11.1 Å². The van der Waals surface area contributed by atoms with Gasteiger partial charge in [0.15, 0.2) is 11.5 Å². The number of tetrazole rings is 1. The first kappa shape index (κ1) is 20.1. The van der Waals surface area contributed by atoms with E-state index in [0.29, 0.717) is 30.3 Å². The van der Waals surface area contributed by atoms with E-state index < -0.39 is 5.91 Å². The first-order valence-corrected chi connectivity index (χ1v) is 9.70. The monoisotopic (exact) mass is 415 g/mol. The van der Waals surface area contributed by atoms with E-state index in [2.05, 4.69) is 20.8 Å². The number of hydrogen-bond donors (Lipinski definition) is 1. The zero-order chi connectivity index (χ0) is 21.5. The maximum Gasteiger partial charge on any atom is 0.295 e. The fourth-order valence-corrected chi connectivity index (χ4v) is 3.06. The molecule has 4 aromatic rings. The average molecular weight is 415 g/mol. The zero-order valence-electron chi connectivity index (χ0n) is 16.9. The van der Waals surface area contributed by atoms with Gasteiger partial charge in [0.25, 0.3) is 5.91 Å². The number of ether oxygens (including phenoxy) is 2. The van der Waals surface area contributed by atoms with Gasteiger partial charge in [-0.2, -0.15) is 0 Å². The van der Waals surface area contributed by atoms with Crippen LogP contribution in [0.25, 0.3) is 0 Å². The molecule has 0 radical (unpaired) electrons. The molecule has 0 bridgehead atoms. The van der Waals surface area contributed by atoms with Crippen molar-refractivity contribution in [2.75, 3.05) is 12.4 Å². The van der Waals surface area contributed by atoms with Gasteiger partial charge in [-0.25, -0.2) is 4.68 Å². The predicted octanol–water partition coefficient (Wildman–Crippen LogP) is 3.56. The second-order valence-electron chi connectivity index (χ2n) is 6.71. The molecule has 1 N–H and O–H groups in total. The third-order valence-electron chi connectivity index (χ3n) is 4.58. The molecule has 0 spiro atoms. The normalized spacial score (nSPS) is 10.5. The molecule has 0 atom stereocenters. The van der Waals surface area contributed by atoms with E-state index in [1.54, 1.807) is 25.3 Å². The molecular weight excluding hydrogens is 394 g/mol. The molecule has 0 saturated carbocycles. The summed E-state index contributed by atoms with van der Waals surface area (Å²) in [5.74, 6) is 0.598. The van der Waals surface area contributed by atoms with Gasteiger partial charge in [-0.1, -0.05) is 66.7 Å². The predicted molar refractivity (Wildman–Crippen MR) is 115 cm³/mol. The summed E-state index contributed by atoms with van der Waals surface area (Å²) in [5.41, 5.74) is 2.45. The van der Waals surface area contributed by atoms with Crippen LogP contribution in [-0.2, 0) is 13.2 Å². The number of nitrogens with one attached hydrogen (secondary N) is 1. The summed E-state index contributed by atoms with van der Waals surface area (Å²) in [7, 11) is 1.55. The number of aromatic nitrogens is 4. The Balaban J connectivity index is 1.54. The summed E-state index contributed by atoms with van der Waals surface area (Å²) >= 11 is 0. The summed E-state index contributed by atoms with van der Waals surface area (Å²) in [4.78, 5) is 12.9. The Bertz CT molecular complexity index is 1150. The van der Waals surface area contributed by atoms with Crippen molar-refractivity contribution in [2.24, 2.45) is 0 Å². The molecule has 31 heavy (non-hydrogen) atoms. The number of methoxy groups -OCH3 is 1. The Morgan fingerprint density at radius 3 is 2.35 bits per heavy atom. The van der Waals surface area contributed by atoms with Gasteiger partial charge in [-0.05, 0) is 33.7 Å². The lowest BCUT2D eigenvalue weighted by Crippen LogP contribution is -2.20. The summed E-state index contributed by atoms with van der Waals surface area (Å²) < 4.78 is 12.9. The third kappa shape index (κ3) is 4.87. The van der Waals surface area contributed by atoms with Crippen molar-refractivity contribution in [3.8, 4) is 11.5 Å². The van der Waals surface area contributed by atoms with Gasteiger partial charge in [0, 0.05) is 0 Å².